The number of carbonyl (C=O) groups is 1. The molecule has 0 unspecified atom stereocenters. The smallest absolute Gasteiger partial charge is 0.254 e. The summed E-state index contributed by atoms with van der Waals surface area (Å²) in [7, 11) is 0. The highest BCUT2D eigenvalue weighted by Gasteiger charge is 2.24. The van der Waals surface area contributed by atoms with E-state index < -0.39 is 5.91 Å². The third kappa shape index (κ3) is 3.14. The fraction of sp³-hybridized carbons (Fsp3) is 0.562. The lowest BCUT2D eigenvalue weighted by Gasteiger charge is -2.33. The molecule has 0 aromatic carbocycles. The maximum Gasteiger partial charge on any atom is 0.254 e. The van der Waals surface area contributed by atoms with E-state index in [0.717, 1.165) is 38.2 Å². The van der Waals surface area contributed by atoms with Crippen LogP contribution >= 0.6 is 0 Å². The van der Waals surface area contributed by atoms with Crippen LogP contribution in [0.3, 0.4) is 0 Å². The first-order chi connectivity index (χ1) is 11.0. The number of likely N-dealkylation sites (tertiary alicyclic amines) is 1. The molecule has 2 aromatic heterocycles. The quantitative estimate of drug-likeness (QED) is 0.877. The molecule has 0 saturated carbocycles. The Morgan fingerprint density at radius 3 is 2.74 bits per heavy atom. The number of nitrogens with zero attached hydrogens (tertiary/aromatic N) is 3. The molecule has 0 atom stereocenters. The Kier molecular flexibility index (Phi) is 4.21. The minimum atomic E-state index is -0.584. The van der Waals surface area contributed by atoms with E-state index in [2.05, 4.69) is 28.8 Å². The van der Waals surface area contributed by atoms with E-state index in [-0.39, 0.29) is 17.0 Å². The third-order valence-corrected chi connectivity index (χ3v) is 4.43. The van der Waals surface area contributed by atoms with Crippen LogP contribution in [0.15, 0.2) is 17.1 Å². The highest BCUT2D eigenvalue weighted by molar-refractivity contribution is 5.98. The molecule has 0 spiro atoms. The Morgan fingerprint density at radius 2 is 2.13 bits per heavy atom. The van der Waals surface area contributed by atoms with Gasteiger partial charge in [-0.05, 0) is 31.8 Å². The molecular weight excluding hydrogens is 294 g/mol. The summed E-state index contributed by atoms with van der Waals surface area (Å²) in [5, 5.41) is 4.26. The Bertz CT molecular complexity index is 768. The minimum Gasteiger partial charge on any atom is -0.365 e. The number of fused-ring (bicyclic) bond motifs is 1. The molecule has 3 heterocycles. The number of nitrogens with one attached hydrogen (secondary N) is 1. The fourth-order valence-corrected chi connectivity index (χ4v) is 3.41. The number of amides is 1. The van der Waals surface area contributed by atoms with Gasteiger partial charge >= 0.3 is 0 Å². The number of H-pyrrole nitrogens is 1. The van der Waals surface area contributed by atoms with Gasteiger partial charge in [0.15, 0.2) is 0 Å². The molecule has 0 aliphatic carbocycles. The molecule has 7 nitrogen and oxygen atoms in total. The molecular formula is C16H23N5O2. The van der Waals surface area contributed by atoms with Gasteiger partial charge in [-0.3, -0.25) is 9.59 Å². The first-order valence-corrected chi connectivity index (χ1v) is 8.09. The molecule has 1 aliphatic rings. The standard InChI is InChI=1S/C16H23N5O2/c1-10(2)9-20-5-3-11(4-6-20)13-7-14(22)19-16-12(15(17)23)8-18-21(13)16/h7-8,10-11H,3-6,9H2,1-2H3,(H2,17,23)(H,19,22). The van der Waals surface area contributed by atoms with Gasteiger partial charge in [0.1, 0.15) is 11.2 Å². The number of carbonyl (C=O) groups excluding carboxylic acids is 1. The van der Waals surface area contributed by atoms with E-state index in [1.54, 1.807) is 10.6 Å². The molecule has 0 bridgehead atoms. The summed E-state index contributed by atoms with van der Waals surface area (Å²) in [6.45, 7) is 7.58. The summed E-state index contributed by atoms with van der Waals surface area (Å²) in [6, 6.07) is 1.59. The third-order valence-electron chi connectivity index (χ3n) is 4.43. The van der Waals surface area contributed by atoms with Gasteiger partial charge in [-0.15, -0.1) is 0 Å². The summed E-state index contributed by atoms with van der Waals surface area (Å²) < 4.78 is 1.66. The van der Waals surface area contributed by atoms with Crippen LogP contribution in [-0.2, 0) is 0 Å². The van der Waals surface area contributed by atoms with E-state index in [9.17, 15) is 9.59 Å². The summed E-state index contributed by atoms with van der Waals surface area (Å²) in [4.78, 5) is 28.6. The van der Waals surface area contributed by atoms with Gasteiger partial charge in [0.2, 0.25) is 0 Å². The number of hydrogen-bond donors (Lipinski definition) is 2. The summed E-state index contributed by atoms with van der Waals surface area (Å²) in [6.07, 6.45) is 3.39. The molecule has 1 aliphatic heterocycles. The first kappa shape index (κ1) is 15.7. The predicted octanol–water partition coefficient (Wildman–Crippen LogP) is 0.957. The van der Waals surface area contributed by atoms with Crippen LogP contribution in [0.1, 0.15) is 48.7 Å². The molecule has 3 N–H and O–H groups in total. The second-order valence-corrected chi connectivity index (χ2v) is 6.71. The Hall–Kier alpha value is -2.15. The summed E-state index contributed by atoms with van der Waals surface area (Å²) >= 11 is 0. The normalized spacial score (nSPS) is 17.2. The zero-order valence-corrected chi connectivity index (χ0v) is 13.6. The van der Waals surface area contributed by atoms with Crippen LogP contribution in [0.5, 0.6) is 0 Å². The zero-order chi connectivity index (χ0) is 16.6. The summed E-state index contributed by atoms with van der Waals surface area (Å²) in [5.41, 5.74) is 6.63. The lowest BCUT2D eigenvalue weighted by atomic mass is 9.92. The average molecular weight is 317 g/mol. The van der Waals surface area contributed by atoms with Crippen LogP contribution in [-0.4, -0.2) is 45.0 Å². The first-order valence-electron chi connectivity index (χ1n) is 8.09. The molecule has 1 fully saturated rings. The summed E-state index contributed by atoms with van der Waals surface area (Å²) in [5.74, 6) is 0.338. The number of piperidine rings is 1. The molecule has 3 rings (SSSR count). The van der Waals surface area contributed by atoms with Gasteiger partial charge in [-0.2, -0.15) is 5.10 Å². The van der Waals surface area contributed by atoms with Gasteiger partial charge in [-0.25, -0.2) is 4.52 Å². The van der Waals surface area contributed by atoms with E-state index in [1.165, 1.54) is 6.20 Å². The molecule has 124 valence electrons. The Labute approximate surface area is 134 Å². The highest BCUT2D eigenvalue weighted by atomic mass is 16.1. The molecule has 23 heavy (non-hydrogen) atoms. The van der Waals surface area contributed by atoms with Crippen molar-refractivity contribution >= 4 is 11.6 Å². The largest absolute Gasteiger partial charge is 0.365 e. The van der Waals surface area contributed by atoms with Crippen molar-refractivity contribution in [1.29, 1.82) is 0 Å². The Morgan fingerprint density at radius 1 is 1.43 bits per heavy atom. The van der Waals surface area contributed by atoms with E-state index in [1.807, 2.05) is 0 Å². The fourth-order valence-electron chi connectivity index (χ4n) is 3.41. The number of hydrogen-bond acceptors (Lipinski definition) is 4. The Balaban J connectivity index is 1.89. The maximum absolute atomic E-state index is 12.0. The van der Waals surface area contributed by atoms with Crippen molar-refractivity contribution in [3.63, 3.8) is 0 Å². The predicted molar refractivity (Wildman–Crippen MR) is 87.6 cm³/mol. The lowest BCUT2D eigenvalue weighted by molar-refractivity contribution is 0.100. The van der Waals surface area contributed by atoms with Crippen molar-refractivity contribution in [1.82, 2.24) is 19.5 Å². The SMILES string of the molecule is CC(C)CN1CCC(c2cc(=O)[nH]c3c(C(N)=O)cnn23)CC1. The molecule has 1 amide bonds. The monoisotopic (exact) mass is 317 g/mol. The second kappa shape index (κ2) is 6.16. The van der Waals surface area contributed by atoms with Gasteiger partial charge in [0.05, 0.1) is 11.9 Å². The van der Waals surface area contributed by atoms with Crippen LogP contribution in [0.4, 0.5) is 0 Å². The molecule has 0 radical (unpaired) electrons. The maximum atomic E-state index is 12.0. The van der Waals surface area contributed by atoms with Crippen molar-refractivity contribution < 1.29 is 4.79 Å². The van der Waals surface area contributed by atoms with E-state index >= 15 is 0 Å². The number of aromatic amines is 1. The van der Waals surface area contributed by atoms with Crippen molar-refractivity contribution in [3.05, 3.63) is 33.9 Å². The average Bonchev–Trinajstić information content (AvgIpc) is 2.90. The lowest BCUT2D eigenvalue weighted by Crippen LogP contribution is -2.36. The molecule has 7 heteroatoms. The van der Waals surface area contributed by atoms with Crippen molar-refractivity contribution in [2.24, 2.45) is 11.7 Å². The number of primary amides is 1. The second-order valence-electron chi connectivity index (χ2n) is 6.71. The number of rotatable bonds is 4. The van der Waals surface area contributed by atoms with Crippen molar-refractivity contribution in [3.8, 4) is 0 Å². The van der Waals surface area contributed by atoms with Crippen LogP contribution in [0.25, 0.3) is 5.65 Å². The van der Waals surface area contributed by atoms with Gasteiger partial charge in [0, 0.05) is 18.5 Å². The van der Waals surface area contributed by atoms with Gasteiger partial charge in [0.25, 0.3) is 11.5 Å². The van der Waals surface area contributed by atoms with Crippen LogP contribution in [0.2, 0.25) is 0 Å². The minimum absolute atomic E-state index is 0.222. The van der Waals surface area contributed by atoms with Gasteiger partial charge < -0.3 is 15.6 Å². The van der Waals surface area contributed by atoms with Crippen LogP contribution in [0, 0.1) is 5.92 Å². The van der Waals surface area contributed by atoms with Gasteiger partial charge in [-0.1, -0.05) is 13.8 Å². The number of nitrogens with two attached hydrogens (primary N) is 1. The zero-order valence-electron chi connectivity index (χ0n) is 13.6. The van der Waals surface area contributed by atoms with Crippen molar-refractivity contribution in [2.45, 2.75) is 32.6 Å². The highest BCUT2D eigenvalue weighted by Crippen LogP contribution is 2.28. The molecule has 2 aromatic rings. The van der Waals surface area contributed by atoms with Crippen molar-refractivity contribution in [2.75, 3.05) is 19.6 Å². The van der Waals surface area contributed by atoms with E-state index in [0.29, 0.717) is 11.6 Å². The van der Waals surface area contributed by atoms with E-state index in [4.69, 9.17) is 5.73 Å². The number of aromatic nitrogens is 3. The topological polar surface area (TPSA) is 96.5 Å². The molecule has 1 saturated heterocycles. The van der Waals surface area contributed by atoms with Crippen LogP contribution < -0.4 is 11.3 Å².